The molecule has 0 spiro atoms. The van der Waals surface area contributed by atoms with Crippen molar-refractivity contribution in [1.29, 1.82) is 0 Å². The second-order valence-electron chi connectivity index (χ2n) is 3.34. The normalized spacial score (nSPS) is 22.5. The summed E-state index contributed by atoms with van der Waals surface area (Å²) in [4.78, 5) is 0. The fourth-order valence-corrected chi connectivity index (χ4v) is 2.45. The van der Waals surface area contributed by atoms with Crippen LogP contribution in [0.25, 0.3) is 0 Å². The van der Waals surface area contributed by atoms with Crippen molar-refractivity contribution in [2.45, 2.75) is 44.9 Å². The van der Waals surface area contributed by atoms with Gasteiger partial charge in [0.1, 0.15) is 0 Å². The SMILES string of the molecule is BrCCC1CCCCCC1. The Morgan fingerprint density at radius 2 is 1.60 bits per heavy atom. The van der Waals surface area contributed by atoms with Crippen LogP contribution < -0.4 is 0 Å². The molecule has 1 aliphatic rings. The van der Waals surface area contributed by atoms with E-state index in [0.717, 1.165) is 5.92 Å². The molecule has 0 aromatic heterocycles. The minimum absolute atomic E-state index is 1.04. The molecule has 0 heterocycles. The van der Waals surface area contributed by atoms with Crippen LogP contribution in [0.1, 0.15) is 44.9 Å². The Labute approximate surface area is 72.5 Å². The lowest BCUT2D eigenvalue weighted by atomic mass is 9.98. The summed E-state index contributed by atoms with van der Waals surface area (Å²) in [5.41, 5.74) is 0. The minimum Gasteiger partial charge on any atom is -0.0928 e. The first-order valence-corrected chi connectivity index (χ1v) is 5.61. The number of halogens is 1. The van der Waals surface area contributed by atoms with Crippen molar-refractivity contribution in [2.24, 2.45) is 5.92 Å². The van der Waals surface area contributed by atoms with E-state index >= 15 is 0 Å². The monoisotopic (exact) mass is 204 g/mol. The topological polar surface area (TPSA) is 0 Å². The maximum Gasteiger partial charge on any atom is 0.00339 e. The second kappa shape index (κ2) is 5.17. The van der Waals surface area contributed by atoms with Crippen LogP contribution >= 0.6 is 15.9 Å². The van der Waals surface area contributed by atoms with Gasteiger partial charge in [-0.3, -0.25) is 0 Å². The third kappa shape index (κ3) is 3.05. The fourth-order valence-electron chi connectivity index (χ4n) is 1.81. The van der Waals surface area contributed by atoms with Crippen molar-refractivity contribution in [3.63, 3.8) is 0 Å². The zero-order chi connectivity index (χ0) is 7.23. The molecule has 0 aromatic carbocycles. The molecule has 10 heavy (non-hydrogen) atoms. The van der Waals surface area contributed by atoms with Crippen molar-refractivity contribution < 1.29 is 0 Å². The van der Waals surface area contributed by atoms with Crippen LogP contribution in [0.4, 0.5) is 0 Å². The highest BCUT2D eigenvalue weighted by Crippen LogP contribution is 2.25. The van der Waals surface area contributed by atoms with E-state index in [-0.39, 0.29) is 0 Å². The number of rotatable bonds is 2. The summed E-state index contributed by atoms with van der Waals surface area (Å²) in [6, 6.07) is 0. The molecule has 0 saturated heterocycles. The molecule has 0 atom stereocenters. The molecule has 0 aromatic rings. The summed E-state index contributed by atoms with van der Waals surface area (Å²) in [5.74, 6) is 1.04. The lowest BCUT2D eigenvalue weighted by molar-refractivity contribution is 0.451. The van der Waals surface area contributed by atoms with E-state index in [9.17, 15) is 0 Å². The van der Waals surface area contributed by atoms with E-state index in [0.29, 0.717) is 0 Å². The minimum atomic E-state index is 1.04. The standard InChI is InChI=1S/C9H17Br/c10-8-7-9-5-3-1-2-4-6-9/h9H,1-8H2. The van der Waals surface area contributed by atoms with Crippen LogP contribution in [0.2, 0.25) is 0 Å². The van der Waals surface area contributed by atoms with Gasteiger partial charge in [-0.2, -0.15) is 0 Å². The van der Waals surface area contributed by atoms with Gasteiger partial charge >= 0.3 is 0 Å². The van der Waals surface area contributed by atoms with Crippen LogP contribution in [0, 0.1) is 5.92 Å². The fraction of sp³-hybridized carbons (Fsp3) is 1.00. The van der Waals surface area contributed by atoms with Crippen LogP contribution in [-0.2, 0) is 0 Å². The Kier molecular flexibility index (Phi) is 4.44. The molecule has 1 heteroatoms. The summed E-state index contributed by atoms with van der Waals surface area (Å²) >= 11 is 3.51. The second-order valence-corrected chi connectivity index (χ2v) is 4.13. The Morgan fingerprint density at radius 3 is 2.10 bits per heavy atom. The summed E-state index contributed by atoms with van der Waals surface area (Å²) < 4.78 is 0. The first-order chi connectivity index (χ1) is 4.93. The Balaban J connectivity index is 2.15. The lowest BCUT2D eigenvalue weighted by Crippen LogP contribution is -1.98. The van der Waals surface area contributed by atoms with Gasteiger partial charge in [-0.05, 0) is 12.3 Å². The molecule has 0 radical (unpaired) electrons. The molecule has 0 N–H and O–H groups in total. The summed E-state index contributed by atoms with van der Waals surface area (Å²) in [7, 11) is 0. The van der Waals surface area contributed by atoms with E-state index in [2.05, 4.69) is 15.9 Å². The van der Waals surface area contributed by atoms with Crippen molar-refractivity contribution in [3.05, 3.63) is 0 Å². The smallest absolute Gasteiger partial charge is 0.00339 e. The molecular formula is C9H17Br. The molecule has 1 fully saturated rings. The maximum absolute atomic E-state index is 3.51. The molecule has 1 rings (SSSR count). The molecule has 0 unspecified atom stereocenters. The van der Waals surface area contributed by atoms with E-state index in [1.165, 1.54) is 50.3 Å². The predicted molar refractivity (Wildman–Crippen MR) is 49.6 cm³/mol. The summed E-state index contributed by atoms with van der Waals surface area (Å²) in [6.07, 6.45) is 10.3. The van der Waals surface area contributed by atoms with E-state index in [1.807, 2.05) is 0 Å². The molecule has 0 nitrogen and oxygen atoms in total. The Hall–Kier alpha value is 0.480. The lowest BCUT2D eigenvalue weighted by Gasteiger charge is -2.10. The predicted octanol–water partition coefficient (Wildman–Crippen LogP) is 3.74. The van der Waals surface area contributed by atoms with Crippen molar-refractivity contribution >= 4 is 15.9 Å². The van der Waals surface area contributed by atoms with Gasteiger partial charge < -0.3 is 0 Å². The average Bonchev–Trinajstić information content (AvgIpc) is 2.17. The van der Waals surface area contributed by atoms with Gasteiger partial charge in [0.15, 0.2) is 0 Å². The van der Waals surface area contributed by atoms with E-state index < -0.39 is 0 Å². The van der Waals surface area contributed by atoms with Gasteiger partial charge in [0, 0.05) is 5.33 Å². The van der Waals surface area contributed by atoms with Gasteiger partial charge in [0.25, 0.3) is 0 Å². The molecule has 1 aliphatic carbocycles. The first-order valence-electron chi connectivity index (χ1n) is 4.49. The zero-order valence-corrected chi connectivity index (χ0v) is 8.20. The number of hydrogen-bond donors (Lipinski definition) is 0. The highest BCUT2D eigenvalue weighted by Gasteiger charge is 2.10. The molecule has 60 valence electrons. The van der Waals surface area contributed by atoms with Crippen LogP contribution in [0.5, 0.6) is 0 Å². The average molecular weight is 205 g/mol. The quantitative estimate of drug-likeness (QED) is 0.475. The largest absolute Gasteiger partial charge is 0.0928 e. The molecule has 0 aliphatic heterocycles. The third-order valence-corrected chi connectivity index (χ3v) is 2.95. The summed E-state index contributed by atoms with van der Waals surface area (Å²) in [6.45, 7) is 0. The van der Waals surface area contributed by atoms with Crippen LogP contribution in [0.3, 0.4) is 0 Å². The van der Waals surface area contributed by atoms with Crippen LogP contribution in [-0.4, -0.2) is 5.33 Å². The van der Waals surface area contributed by atoms with Crippen molar-refractivity contribution in [1.82, 2.24) is 0 Å². The van der Waals surface area contributed by atoms with Gasteiger partial charge in [-0.25, -0.2) is 0 Å². The highest BCUT2D eigenvalue weighted by atomic mass is 79.9. The molecule has 1 saturated carbocycles. The third-order valence-electron chi connectivity index (χ3n) is 2.49. The van der Waals surface area contributed by atoms with Gasteiger partial charge in [0.05, 0.1) is 0 Å². The van der Waals surface area contributed by atoms with E-state index in [4.69, 9.17) is 0 Å². The number of alkyl halides is 1. The number of hydrogen-bond acceptors (Lipinski definition) is 0. The Morgan fingerprint density at radius 1 is 1.00 bits per heavy atom. The highest BCUT2D eigenvalue weighted by molar-refractivity contribution is 9.09. The van der Waals surface area contributed by atoms with E-state index in [1.54, 1.807) is 0 Å². The van der Waals surface area contributed by atoms with Gasteiger partial charge in [-0.1, -0.05) is 54.5 Å². The Bertz CT molecular complexity index is 72.8. The molecule has 0 amide bonds. The van der Waals surface area contributed by atoms with Crippen molar-refractivity contribution in [3.8, 4) is 0 Å². The maximum atomic E-state index is 3.51. The zero-order valence-electron chi connectivity index (χ0n) is 6.61. The van der Waals surface area contributed by atoms with Gasteiger partial charge in [0.2, 0.25) is 0 Å². The summed E-state index contributed by atoms with van der Waals surface area (Å²) in [5, 5.41) is 1.21. The van der Waals surface area contributed by atoms with Crippen molar-refractivity contribution in [2.75, 3.05) is 5.33 Å². The van der Waals surface area contributed by atoms with Crippen LogP contribution in [0.15, 0.2) is 0 Å². The first kappa shape index (κ1) is 8.58. The van der Waals surface area contributed by atoms with Gasteiger partial charge in [-0.15, -0.1) is 0 Å². The molecular weight excluding hydrogens is 188 g/mol. The molecule has 0 bridgehead atoms.